The first kappa shape index (κ1) is 16.8. The van der Waals surface area contributed by atoms with Crippen LogP contribution in [0.5, 0.6) is 0 Å². The Morgan fingerprint density at radius 2 is 1.79 bits per heavy atom. The molecule has 0 aromatic carbocycles. The molecule has 0 aromatic heterocycles. The van der Waals surface area contributed by atoms with E-state index in [-0.39, 0.29) is 11.5 Å². The standard InChI is InChI=1S/C19H32N2O3/c22-18(21-9-12-23-13-10-21)19-7-11-24-17(19)6-8-20(15-19)14-16-4-2-1-3-5-16/h16-17H,1-15H2/t17-,19-/m0/s1. The maximum absolute atomic E-state index is 13.4. The maximum Gasteiger partial charge on any atom is 0.232 e. The molecule has 1 aliphatic carbocycles. The number of rotatable bonds is 3. The average Bonchev–Trinajstić information content (AvgIpc) is 3.07. The summed E-state index contributed by atoms with van der Waals surface area (Å²) in [6.45, 7) is 6.79. The number of carbonyl (C=O) groups is 1. The van der Waals surface area contributed by atoms with E-state index in [9.17, 15) is 4.79 Å². The SMILES string of the molecule is O=C(N1CCOCC1)[C@]12CCO[C@H]1CCN(CC1CCCCC1)C2. The fourth-order valence-electron chi connectivity index (χ4n) is 5.31. The Hall–Kier alpha value is -0.650. The van der Waals surface area contributed by atoms with Crippen LogP contribution in [0.1, 0.15) is 44.9 Å². The van der Waals surface area contributed by atoms with E-state index >= 15 is 0 Å². The van der Waals surface area contributed by atoms with E-state index in [0.717, 1.165) is 51.5 Å². The Balaban J connectivity index is 1.45. The zero-order valence-electron chi connectivity index (χ0n) is 14.9. The number of hydrogen-bond donors (Lipinski definition) is 0. The van der Waals surface area contributed by atoms with Gasteiger partial charge in [0.2, 0.25) is 5.91 Å². The van der Waals surface area contributed by atoms with Crippen LogP contribution >= 0.6 is 0 Å². The largest absolute Gasteiger partial charge is 0.378 e. The van der Waals surface area contributed by atoms with Crippen LogP contribution in [0.25, 0.3) is 0 Å². The van der Waals surface area contributed by atoms with Crippen LogP contribution < -0.4 is 0 Å². The molecular formula is C19H32N2O3. The molecule has 0 unspecified atom stereocenters. The van der Waals surface area contributed by atoms with Crippen molar-refractivity contribution in [3.8, 4) is 0 Å². The number of carbonyl (C=O) groups excluding carboxylic acids is 1. The minimum Gasteiger partial charge on any atom is -0.378 e. The molecule has 0 bridgehead atoms. The summed E-state index contributed by atoms with van der Waals surface area (Å²) in [5.74, 6) is 1.18. The molecule has 3 saturated heterocycles. The molecule has 136 valence electrons. The van der Waals surface area contributed by atoms with Crippen molar-refractivity contribution in [2.24, 2.45) is 11.3 Å². The van der Waals surface area contributed by atoms with Crippen molar-refractivity contribution >= 4 is 5.91 Å². The molecule has 4 rings (SSSR count). The molecule has 5 heteroatoms. The number of hydrogen-bond acceptors (Lipinski definition) is 4. The van der Waals surface area contributed by atoms with Crippen molar-refractivity contribution in [2.75, 3.05) is 52.5 Å². The number of likely N-dealkylation sites (tertiary alicyclic amines) is 1. The van der Waals surface area contributed by atoms with E-state index in [1.165, 1.54) is 38.6 Å². The number of ether oxygens (including phenoxy) is 2. The summed E-state index contributed by atoms with van der Waals surface area (Å²) in [5.41, 5.74) is -0.287. The van der Waals surface area contributed by atoms with Crippen LogP contribution in [-0.2, 0) is 14.3 Å². The van der Waals surface area contributed by atoms with Gasteiger partial charge in [-0.15, -0.1) is 0 Å². The monoisotopic (exact) mass is 336 g/mol. The normalized spacial score (nSPS) is 35.8. The molecule has 0 N–H and O–H groups in total. The fourth-order valence-corrected chi connectivity index (χ4v) is 5.31. The molecule has 5 nitrogen and oxygen atoms in total. The summed E-state index contributed by atoms with van der Waals surface area (Å²) in [5, 5.41) is 0. The Bertz CT molecular complexity index is 446. The number of fused-ring (bicyclic) bond motifs is 1. The Labute approximate surface area is 145 Å². The van der Waals surface area contributed by atoms with Crippen molar-refractivity contribution in [3.05, 3.63) is 0 Å². The Morgan fingerprint density at radius 1 is 1.00 bits per heavy atom. The first-order chi connectivity index (χ1) is 11.8. The van der Waals surface area contributed by atoms with E-state index in [2.05, 4.69) is 4.90 Å². The molecule has 0 radical (unpaired) electrons. The minimum absolute atomic E-state index is 0.135. The van der Waals surface area contributed by atoms with E-state index in [1.54, 1.807) is 0 Å². The third-order valence-electron chi connectivity index (χ3n) is 6.66. The van der Waals surface area contributed by atoms with Gasteiger partial charge in [-0.3, -0.25) is 4.79 Å². The molecule has 1 saturated carbocycles. The second-order valence-electron chi connectivity index (χ2n) is 8.20. The van der Waals surface area contributed by atoms with E-state index in [4.69, 9.17) is 9.47 Å². The van der Waals surface area contributed by atoms with Gasteiger partial charge in [0.25, 0.3) is 0 Å². The molecule has 24 heavy (non-hydrogen) atoms. The highest BCUT2D eigenvalue weighted by atomic mass is 16.5. The van der Waals surface area contributed by atoms with Crippen LogP contribution in [0.3, 0.4) is 0 Å². The quantitative estimate of drug-likeness (QED) is 0.789. The maximum atomic E-state index is 13.4. The Kier molecular flexibility index (Phi) is 5.11. The highest BCUT2D eigenvalue weighted by Crippen LogP contribution is 2.43. The van der Waals surface area contributed by atoms with Gasteiger partial charge < -0.3 is 19.3 Å². The minimum atomic E-state index is -0.287. The van der Waals surface area contributed by atoms with Crippen LogP contribution in [0.15, 0.2) is 0 Å². The molecule has 3 aliphatic heterocycles. The van der Waals surface area contributed by atoms with Gasteiger partial charge >= 0.3 is 0 Å². The van der Waals surface area contributed by atoms with Crippen molar-refractivity contribution in [1.82, 2.24) is 9.80 Å². The summed E-state index contributed by atoms with van der Waals surface area (Å²) >= 11 is 0. The summed E-state index contributed by atoms with van der Waals surface area (Å²) < 4.78 is 11.4. The van der Waals surface area contributed by atoms with Gasteiger partial charge in [-0.05, 0) is 31.6 Å². The lowest BCUT2D eigenvalue weighted by Gasteiger charge is -2.46. The number of nitrogens with zero attached hydrogens (tertiary/aromatic N) is 2. The number of amides is 1. The van der Waals surface area contributed by atoms with Gasteiger partial charge in [-0.25, -0.2) is 0 Å². The van der Waals surface area contributed by atoms with Crippen molar-refractivity contribution in [1.29, 1.82) is 0 Å². The zero-order chi connectivity index (χ0) is 16.4. The Morgan fingerprint density at radius 3 is 2.58 bits per heavy atom. The first-order valence-electron chi connectivity index (χ1n) is 9.99. The lowest BCUT2D eigenvalue weighted by Crippen LogP contribution is -2.59. The van der Waals surface area contributed by atoms with Crippen LogP contribution in [-0.4, -0.2) is 74.4 Å². The van der Waals surface area contributed by atoms with Crippen molar-refractivity contribution in [3.63, 3.8) is 0 Å². The van der Waals surface area contributed by atoms with Gasteiger partial charge in [0.1, 0.15) is 0 Å². The van der Waals surface area contributed by atoms with Gasteiger partial charge in [0, 0.05) is 39.3 Å². The van der Waals surface area contributed by atoms with Crippen molar-refractivity contribution < 1.29 is 14.3 Å². The number of morpholine rings is 1. The van der Waals surface area contributed by atoms with E-state index in [1.807, 2.05) is 4.90 Å². The fraction of sp³-hybridized carbons (Fsp3) is 0.947. The van der Waals surface area contributed by atoms with Crippen molar-refractivity contribution in [2.45, 2.75) is 51.0 Å². The van der Waals surface area contributed by atoms with Crippen LogP contribution in [0.4, 0.5) is 0 Å². The van der Waals surface area contributed by atoms with E-state index < -0.39 is 0 Å². The molecule has 4 aliphatic rings. The summed E-state index contributed by atoms with van der Waals surface area (Å²) in [7, 11) is 0. The summed E-state index contributed by atoms with van der Waals surface area (Å²) in [6.07, 6.45) is 8.99. The predicted octanol–water partition coefficient (Wildman–Crippen LogP) is 1.91. The predicted molar refractivity (Wildman–Crippen MR) is 91.8 cm³/mol. The third-order valence-corrected chi connectivity index (χ3v) is 6.66. The lowest BCUT2D eigenvalue weighted by molar-refractivity contribution is -0.155. The highest BCUT2D eigenvalue weighted by Gasteiger charge is 2.54. The first-order valence-corrected chi connectivity index (χ1v) is 9.99. The molecule has 3 heterocycles. The van der Waals surface area contributed by atoms with E-state index in [0.29, 0.717) is 19.1 Å². The van der Waals surface area contributed by atoms with Gasteiger partial charge in [0.05, 0.1) is 24.7 Å². The second kappa shape index (κ2) is 7.30. The third kappa shape index (κ3) is 3.23. The summed E-state index contributed by atoms with van der Waals surface area (Å²) in [4.78, 5) is 18.0. The second-order valence-corrected chi connectivity index (χ2v) is 8.20. The summed E-state index contributed by atoms with van der Waals surface area (Å²) in [6, 6.07) is 0. The van der Waals surface area contributed by atoms with Gasteiger partial charge in [-0.1, -0.05) is 19.3 Å². The van der Waals surface area contributed by atoms with Gasteiger partial charge in [0.15, 0.2) is 0 Å². The number of piperidine rings is 1. The lowest BCUT2D eigenvalue weighted by atomic mass is 9.74. The highest BCUT2D eigenvalue weighted by molar-refractivity contribution is 5.84. The van der Waals surface area contributed by atoms with Gasteiger partial charge in [-0.2, -0.15) is 0 Å². The molecular weight excluding hydrogens is 304 g/mol. The van der Waals surface area contributed by atoms with Crippen LogP contribution in [0.2, 0.25) is 0 Å². The van der Waals surface area contributed by atoms with Crippen LogP contribution in [0, 0.1) is 11.3 Å². The molecule has 4 fully saturated rings. The topological polar surface area (TPSA) is 42.0 Å². The average molecular weight is 336 g/mol. The molecule has 0 aromatic rings. The molecule has 0 spiro atoms. The molecule has 2 atom stereocenters. The molecule has 1 amide bonds. The smallest absolute Gasteiger partial charge is 0.232 e. The zero-order valence-corrected chi connectivity index (χ0v) is 14.9.